The Labute approximate surface area is 208 Å². The molecule has 0 unspecified atom stereocenters. The highest BCUT2D eigenvalue weighted by molar-refractivity contribution is 8.18. The first-order chi connectivity index (χ1) is 17.1. The number of nitrogens with zero attached hydrogens (tertiary/aromatic N) is 4. The third kappa shape index (κ3) is 5.02. The second kappa shape index (κ2) is 10.2. The van der Waals surface area contributed by atoms with Crippen molar-refractivity contribution in [3.05, 3.63) is 76.9 Å². The van der Waals surface area contributed by atoms with Crippen LogP contribution >= 0.6 is 11.8 Å². The SMILES string of the molecule is CCN1C(=O)C(=Cc2ccc(-c3ccc(C#N)cc3)o2)SC1=Nc1ccc(N2CCOCC2)cc1. The van der Waals surface area contributed by atoms with Gasteiger partial charge in [-0.25, -0.2) is 4.99 Å². The van der Waals surface area contributed by atoms with Crippen LogP contribution in [0.3, 0.4) is 0 Å². The van der Waals surface area contributed by atoms with Gasteiger partial charge in [0.25, 0.3) is 5.91 Å². The summed E-state index contributed by atoms with van der Waals surface area (Å²) in [5.74, 6) is 1.18. The number of carbonyl (C=O) groups is 1. The largest absolute Gasteiger partial charge is 0.457 e. The Balaban J connectivity index is 1.34. The molecular weight excluding hydrogens is 460 g/mol. The van der Waals surface area contributed by atoms with Crippen LogP contribution in [0.4, 0.5) is 11.4 Å². The third-order valence-corrected chi connectivity index (χ3v) is 6.86. The van der Waals surface area contributed by atoms with E-state index in [4.69, 9.17) is 19.4 Å². The highest BCUT2D eigenvalue weighted by atomic mass is 32.2. The van der Waals surface area contributed by atoms with Gasteiger partial charge < -0.3 is 14.1 Å². The molecule has 0 spiro atoms. The minimum atomic E-state index is -0.0856. The van der Waals surface area contributed by atoms with Gasteiger partial charge in [-0.15, -0.1) is 0 Å². The number of aliphatic imine (C=N–C) groups is 1. The number of hydrogen-bond donors (Lipinski definition) is 0. The zero-order valence-electron chi connectivity index (χ0n) is 19.3. The second-order valence-electron chi connectivity index (χ2n) is 8.06. The zero-order chi connectivity index (χ0) is 24.2. The van der Waals surface area contributed by atoms with Crippen molar-refractivity contribution in [3.8, 4) is 17.4 Å². The van der Waals surface area contributed by atoms with E-state index in [-0.39, 0.29) is 5.91 Å². The van der Waals surface area contributed by atoms with Gasteiger partial charge in [0.2, 0.25) is 0 Å². The molecule has 3 aromatic rings. The number of anilines is 1. The molecule has 0 bridgehead atoms. The molecule has 0 aliphatic carbocycles. The van der Waals surface area contributed by atoms with Crippen LogP contribution in [0.5, 0.6) is 0 Å². The Morgan fingerprint density at radius 2 is 1.80 bits per heavy atom. The molecule has 176 valence electrons. The van der Waals surface area contributed by atoms with Gasteiger partial charge in [-0.2, -0.15) is 5.26 Å². The highest BCUT2D eigenvalue weighted by Crippen LogP contribution is 2.35. The van der Waals surface area contributed by atoms with Crippen LogP contribution in [-0.2, 0) is 9.53 Å². The summed E-state index contributed by atoms with van der Waals surface area (Å²) in [4.78, 5) is 22.3. The number of ether oxygens (including phenoxy) is 1. The lowest BCUT2D eigenvalue weighted by Crippen LogP contribution is -2.36. The lowest BCUT2D eigenvalue weighted by Gasteiger charge is -2.28. The molecule has 8 heteroatoms. The molecule has 2 fully saturated rings. The first-order valence-electron chi connectivity index (χ1n) is 11.5. The molecule has 2 saturated heterocycles. The van der Waals surface area contributed by atoms with Crippen molar-refractivity contribution in [2.45, 2.75) is 6.92 Å². The van der Waals surface area contributed by atoms with Gasteiger partial charge >= 0.3 is 0 Å². The van der Waals surface area contributed by atoms with E-state index in [1.807, 2.05) is 43.3 Å². The van der Waals surface area contributed by atoms with Crippen molar-refractivity contribution in [2.75, 3.05) is 37.7 Å². The number of carbonyl (C=O) groups excluding carboxylic acids is 1. The predicted molar refractivity (Wildman–Crippen MR) is 138 cm³/mol. The number of likely N-dealkylation sites (N-methyl/N-ethyl adjacent to an activating group) is 1. The fourth-order valence-corrected chi connectivity index (χ4v) is 5.01. The quantitative estimate of drug-likeness (QED) is 0.459. The molecular formula is C27H24N4O3S. The van der Waals surface area contributed by atoms with E-state index in [2.05, 4.69) is 23.1 Å². The smallest absolute Gasteiger partial charge is 0.266 e. The van der Waals surface area contributed by atoms with Crippen molar-refractivity contribution in [1.29, 1.82) is 5.26 Å². The summed E-state index contributed by atoms with van der Waals surface area (Å²) >= 11 is 1.35. The second-order valence-corrected chi connectivity index (χ2v) is 9.07. The predicted octanol–water partition coefficient (Wildman–Crippen LogP) is 5.28. The highest BCUT2D eigenvalue weighted by Gasteiger charge is 2.32. The molecule has 35 heavy (non-hydrogen) atoms. The third-order valence-electron chi connectivity index (χ3n) is 5.85. The number of thioether (sulfide) groups is 1. The summed E-state index contributed by atoms with van der Waals surface area (Å²) < 4.78 is 11.4. The van der Waals surface area contributed by atoms with Crippen LogP contribution in [0.15, 0.2) is 75.0 Å². The van der Waals surface area contributed by atoms with Gasteiger partial charge in [-0.05, 0) is 79.3 Å². The fourth-order valence-electron chi connectivity index (χ4n) is 3.96. The van der Waals surface area contributed by atoms with E-state index in [0.717, 1.165) is 43.2 Å². The lowest BCUT2D eigenvalue weighted by molar-refractivity contribution is -0.122. The van der Waals surface area contributed by atoms with Crippen LogP contribution in [0, 0.1) is 11.3 Å². The van der Waals surface area contributed by atoms with Gasteiger partial charge in [0, 0.05) is 37.0 Å². The molecule has 5 rings (SSSR count). The molecule has 2 aromatic carbocycles. The van der Waals surface area contributed by atoms with E-state index in [0.29, 0.717) is 33.7 Å². The minimum Gasteiger partial charge on any atom is -0.457 e. The molecule has 0 saturated carbocycles. The Hall–Kier alpha value is -3.80. The zero-order valence-corrected chi connectivity index (χ0v) is 20.1. The van der Waals surface area contributed by atoms with Gasteiger partial charge in [-0.3, -0.25) is 9.69 Å². The monoisotopic (exact) mass is 484 g/mol. The number of rotatable bonds is 5. The summed E-state index contributed by atoms with van der Waals surface area (Å²) in [5, 5.41) is 9.63. The number of nitriles is 1. The van der Waals surface area contributed by atoms with Crippen LogP contribution in [0.1, 0.15) is 18.2 Å². The first-order valence-corrected chi connectivity index (χ1v) is 12.3. The van der Waals surface area contributed by atoms with Crippen LogP contribution in [0.25, 0.3) is 17.4 Å². The van der Waals surface area contributed by atoms with E-state index < -0.39 is 0 Å². The van der Waals surface area contributed by atoms with Gasteiger partial charge in [0.15, 0.2) is 5.17 Å². The molecule has 0 atom stereocenters. The van der Waals surface area contributed by atoms with Crippen molar-refractivity contribution in [3.63, 3.8) is 0 Å². The standard InChI is InChI=1S/C27H24N4O3S/c1-2-31-26(32)25(17-23-11-12-24(34-23)20-5-3-19(18-28)4-6-20)35-27(31)29-21-7-9-22(10-8-21)30-13-15-33-16-14-30/h3-12,17H,2,13-16H2,1H3. The Morgan fingerprint density at radius 3 is 2.49 bits per heavy atom. The molecule has 7 nitrogen and oxygen atoms in total. The van der Waals surface area contributed by atoms with Crippen molar-refractivity contribution in [1.82, 2.24) is 4.90 Å². The number of hydrogen-bond acceptors (Lipinski definition) is 7. The van der Waals surface area contributed by atoms with Crippen LogP contribution < -0.4 is 4.90 Å². The van der Waals surface area contributed by atoms with E-state index >= 15 is 0 Å². The average Bonchev–Trinajstić information content (AvgIpc) is 3.49. The maximum absolute atomic E-state index is 13.0. The van der Waals surface area contributed by atoms with Crippen molar-refractivity contribution >= 4 is 40.3 Å². The molecule has 1 amide bonds. The molecule has 2 aliphatic rings. The summed E-state index contributed by atoms with van der Waals surface area (Å²) in [5.41, 5.74) is 3.42. The maximum Gasteiger partial charge on any atom is 0.266 e. The molecule has 0 radical (unpaired) electrons. The summed E-state index contributed by atoms with van der Waals surface area (Å²) in [6.45, 7) is 5.73. The van der Waals surface area contributed by atoms with Crippen molar-refractivity contribution in [2.24, 2.45) is 4.99 Å². The number of benzene rings is 2. The van der Waals surface area contributed by atoms with Gasteiger partial charge in [0.05, 0.1) is 35.4 Å². The summed E-state index contributed by atoms with van der Waals surface area (Å²) in [6, 6.07) is 21.1. The molecule has 0 N–H and O–H groups in total. The Kier molecular flexibility index (Phi) is 6.70. The van der Waals surface area contributed by atoms with Crippen LogP contribution in [-0.4, -0.2) is 48.8 Å². The Bertz CT molecular complexity index is 1310. The molecule has 1 aromatic heterocycles. The van der Waals surface area contributed by atoms with E-state index in [1.54, 1.807) is 23.1 Å². The summed E-state index contributed by atoms with van der Waals surface area (Å²) in [6.07, 6.45) is 1.76. The topological polar surface area (TPSA) is 82.1 Å². The lowest BCUT2D eigenvalue weighted by atomic mass is 10.1. The van der Waals surface area contributed by atoms with Crippen LogP contribution in [0.2, 0.25) is 0 Å². The summed E-state index contributed by atoms with van der Waals surface area (Å²) in [7, 11) is 0. The Morgan fingerprint density at radius 1 is 1.06 bits per heavy atom. The average molecular weight is 485 g/mol. The normalized spacial score (nSPS) is 18.5. The van der Waals surface area contributed by atoms with Crippen molar-refractivity contribution < 1.29 is 13.9 Å². The van der Waals surface area contributed by atoms with Gasteiger partial charge in [-0.1, -0.05) is 0 Å². The number of amides is 1. The molecule has 3 heterocycles. The fraction of sp³-hybridized carbons (Fsp3) is 0.222. The van der Waals surface area contributed by atoms with Gasteiger partial charge in [0.1, 0.15) is 11.5 Å². The maximum atomic E-state index is 13.0. The first kappa shape index (κ1) is 23.0. The number of morpholine rings is 1. The minimum absolute atomic E-state index is 0.0856. The van der Waals surface area contributed by atoms with E-state index in [1.165, 1.54) is 11.8 Å². The number of furan rings is 1. The van der Waals surface area contributed by atoms with E-state index in [9.17, 15) is 4.79 Å². The molecule has 2 aliphatic heterocycles. The number of amidine groups is 1.